The summed E-state index contributed by atoms with van der Waals surface area (Å²) < 4.78 is 6.41. The Hall–Kier alpha value is -3.20. The van der Waals surface area contributed by atoms with E-state index in [1.165, 1.54) is 6.21 Å². The maximum absolute atomic E-state index is 12.3. The van der Waals surface area contributed by atoms with Crippen molar-refractivity contribution in [1.82, 2.24) is 10.7 Å². The van der Waals surface area contributed by atoms with Gasteiger partial charge in [-0.3, -0.25) is 14.4 Å². The van der Waals surface area contributed by atoms with Crippen molar-refractivity contribution in [2.75, 3.05) is 18.5 Å². The van der Waals surface area contributed by atoms with Crippen LogP contribution in [-0.2, 0) is 14.4 Å². The molecule has 170 valence electrons. The molecule has 9 heteroatoms. The zero-order valence-electron chi connectivity index (χ0n) is 18.5. The second kappa shape index (κ2) is 12.0. The summed E-state index contributed by atoms with van der Waals surface area (Å²) in [4.78, 5) is 35.9. The second-order valence-corrected chi connectivity index (χ2v) is 8.49. The molecule has 0 radical (unpaired) electrons. The van der Waals surface area contributed by atoms with Gasteiger partial charge in [-0.2, -0.15) is 5.10 Å². The van der Waals surface area contributed by atoms with Gasteiger partial charge in [-0.05, 0) is 55.2 Å². The molecule has 0 aliphatic heterocycles. The van der Waals surface area contributed by atoms with Gasteiger partial charge in [-0.25, -0.2) is 5.43 Å². The molecule has 0 aliphatic carbocycles. The summed E-state index contributed by atoms with van der Waals surface area (Å²) in [5.41, 5.74) is 5.50. The molecule has 0 aromatic heterocycles. The number of carbonyl (C=O) groups is 3. The van der Waals surface area contributed by atoms with Crippen molar-refractivity contribution in [1.29, 1.82) is 0 Å². The molecular formula is C23H27BrN4O4. The molecule has 0 saturated carbocycles. The van der Waals surface area contributed by atoms with E-state index in [-0.39, 0.29) is 18.4 Å². The molecule has 3 N–H and O–H groups in total. The highest BCUT2D eigenvalue weighted by molar-refractivity contribution is 9.10. The molecule has 0 heterocycles. The Morgan fingerprint density at radius 1 is 1.12 bits per heavy atom. The molecule has 0 atom stereocenters. The molecule has 0 unspecified atom stereocenters. The van der Waals surface area contributed by atoms with Gasteiger partial charge in [0.05, 0.1) is 6.21 Å². The average molecular weight is 503 g/mol. The molecule has 32 heavy (non-hydrogen) atoms. The lowest BCUT2D eigenvalue weighted by Crippen LogP contribution is -2.39. The first-order valence-electron chi connectivity index (χ1n) is 10.1. The van der Waals surface area contributed by atoms with E-state index < -0.39 is 11.8 Å². The van der Waals surface area contributed by atoms with E-state index in [4.69, 9.17) is 4.74 Å². The predicted molar refractivity (Wildman–Crippen MR) is 128 cm³/mol. The SMILES string of the molecule is Cc1cccc(NC(=O)COc2ccc(Br)cc2/C=N\NC(=O)C(=O)NCC(C)C)c1C. The first-order chi connectivity index (χ1) is 15.2. The van der Waals surface area contributed by atoms with E-state index in [0.29, 0.717) is 17.9 Å². The second-order valence-electron chi connectivity index (χ2n) is 7.57. The van der Waals surface area contributed by atoms with Gasteiger partial charge < -0.3 is 15.4 Å². The fourth-order valence-electron chi connectivity index (χ4n) is 2.56. The van der Waals surface area contributed by atoms with Crippen LogP contribution in [0.15, 0.2) is 46.0 Å². The number of amides is 3. The maximum Gasteiger partial charge on any atom is 0.329 e. The number of hydrazone groups is 1. The minimum absolute atomic E-state index is 0.209. The van der Waals surface area contributed by atoms with Crippen LogP contribution < -0.4 is 20.8 Å². The Labute approximate surface area is 195 Å². The molecular weight excluding hydrogens is 476 g/mol. The molecule has 2 rings (SSSR count). The summed E-state index contributed by atoms with van der Waals surface area (Å²) in [6, 6.07) is 10.8. The van der Waals surface area contributed by atoms with Crippen LogP contribution in [0.2, 0.25) is 0 Å². The summed E-state index contributed by atoms with van der Waals surface area (Å²) >= 11 is 3.37. The Morgan fingerprint density at radius 2 is 1.88 bits per heavy atom. The first kappa shape index (κ1) is 25.1. The van der Waals surface area contributed by atoms with E-state index in [9.17, 15) is 14.4 Å². The van der Waals surface area contributed by atoms with Gasteiger partial charge in [0.1, 0.15) is 5.75 Å². The number of hydrogen-bond donors (Lipinski definition) is 3. The third-order valence-electron chi connectivity index (χ3n) is 4.46. The van der Waals surface area contributed by atoms with Crippen molar-refractivity contribution in [3.05, 3.63) is 57.6 Å². The fourth-order valence-corrected chi connectivity index (χ4v) is 2.93. The number of hydrogen-bond acceptors (Lipinski definition) is 5. The van der Waals surface area contributed by atoms with Crippen LogP contribution >= 0.6 is 15.9 Å². The summed E-state index contributed by atoms with van der Waals surface area (Å²) in [5.74, 6) is -1.31. The van der Waals surface area contributed by atoms with Crippen LogP contribution in [0.25, 0.3) is 0 Å². The lowest BCUT2D eigenvalue weighted by Gasteiger charge is -2.12. The summed E-state index contributed by atoms with van der Waals surface area (Å²) in [6.07, 6.45) is 1.34. The number of halogens is 1. The Kier molecular flexibility index (Phi) is 9.39. The number of aryl methyl sites for hydroxylation is 1. The van der Waals surface area contributed by atoms with Crippen LogP contribution in [0.1, 0.15) is 30.5 Å². The van der Waals surface area contributed by atoms with Crippen LogP contribution in [-0.4, -0.2) is 37.1 Å². The molecule has 0 spiro atoms. The minimum atomic E-state index is -0.868. The largest absolute Gasteiger partial charge is 0.483 e. The van der Waals surface area contributed by atoms with Crippen molar-refractivity contribution in [3.63, 3.8) is 0 Å². The lowest BCUT2D eigenvalue weighted by molar-refractivity contribution is -0.139. The van der Waals surface area contributed by atoms with Crippen LogP contribution in [0.5, 0.6) is 5.75 Å². The highest BCUT2D eigenvalue weighted by Gasteiger charge is 2.13. The molecule has 0 saturated heterocycles. The smallest absolute Gasteiger partial charge is 0.329 e. The molecule has 2 aromatic rings. The van der Waals surface area contributed by atoms with Crippen molar-refractivity contribution in [2.24, 2.45) is 11.0 Å². The van der Waals surface area contributed by atoms with E-state index in [1.807, 2.05) is 45.9 Å². The lowest BCUT2D eigenvalue weighted by atomic mass is 10.1. The molecule has 8 nitrogen and oxygen atoms in total. The third-order valence-corrected chi connectivity index (χ3v) is 4.95. The van der Waals surface area contributed by atoms with Crippen LogP contribution in [0.3, 0.4) is 0 Å². The van der Waals surface area contributed by atoms with Crippen LogP contribution in [0.4, 0.5) is 5.69 Å². The molecule has 0 fully saturated rings. The maximum atomic E-state index is 12.3. The van der Waals surface area contributed by atoms with Gasteiger partial charge in [-0.15, -0.1) is 0 Å². The topological polar surface area (TPSA) is 109 Å². The molecule has 2 aromatic carbocycles. The zero-order chi connectivity index (χ0) is 23.7. The van der Waals surface area contributed by atoms with Gasteiger partial charge in [0.15, 0.2) is 6.61 Å². The third kappa shape index (κ3) is 7.81. The van der Waals surface area contributed by atoms with Gasteiger partial charge in [0.2, 0.25) is 0 Å². The van der Waals surface area contributed by atoms with Gasteiger partial charge in [0.25, 0.3) is 5.91 Å². The number of nitrogens with zero attached hydrogens (tertiary/aromatic N) is 1. The Bertz CT molecular complexity index is 1020. The predicted octanol–water partition coefficient (Wildman–Crippen LogP) is 3.31. The number of nitrogens with one attached hydrogen (secondary N) is 3. The van der Waals surface area contributed by atoms with E-state index in [0.717, 1.165) is 21.3 Å². The van der Waals surface area contributed by atoms with Gasteiger partial charge in [0, 0.05) is 22.3 Å². The minimum Gasteiger partial charge on any atom is -0.483 e. The molecule has 3 amide bonds. The standard InChI is InChI=1S/C23H27BrN4O4/c1-14(2)11-25-22(30)23(31)28-26-12-17-10-18(24)8-9-20(17)32-13-21(29)27-19-7-5-6-15(3)16(19)4/h5-10,12,14H,11,13H2,1-4H3,(H,25,30)(H,27,29)(H,28,31)/b26-12-. The fraction of sp³-hybridized carbons (Fsp3) is 0.304. The average Bonchev–Trinajstić information content (AvgIpc) is 2.74. The zero-order valence-corrected chi connectivity index (χ0v) is 20.1. The van der Waals surface area contributed by atoms with Gasteiger partial charge >= 0.3 is 11.8 Å². The van der Waals surface area contributed by atoms with E-state index in [2.05, 4.69) is 37.1 Å². The quantitative estimate of drug-likeness (QED) is 0.292. The first-order valence-corrected chi connectivity index (χ1v) is 10.9. The monoisotopic (exact) mass is 502 g/mol. The number of ether oxygens (including phenoxy) is 1. The normalized spacial score (nSPS) is 10.8. The Balaban J connectivity index is 1.98. The summed E-state index contributed by atoms with van der Waals surface area (Å²) in [7, 11) is 0. The van der Waals surface area contributed by atoms with E-state index in [1.54, 1.807) is 18.2 Å². The van der Waals surface area contributed by atoms with Crippen LogP contribution in [0, 0.1) is 19.8 Å². The molecule has 0 bridgehead atoms. The Morgan fingerprint density at radius 3 is 2.59 bits per heavy atom. The summed E-state index contributed by atoms with van der Waals surface area (Å²) in [6.45, 7) is 7.94. The number of rotatable bonds is 8. The van der Waals surface area contributed by atoms with Gasteiger partial charge in [-0.1, -0.05) is 41.9 Å². The summed E-state index contributed by atoms with van der Waals surface area (Å²) in [5, 5.41) is 9.16. The van der Waals surface area contributed by atoms with Crippen molar-refractivity contribution < 1.29 is 19.1 Å². The number of carbonyl (C=O) groups excluding carboxylic acids is 3. The van der Waals surface area contributed by atoms with Crippen molar-refractivity contribution >= 4 is 45.6 Å². The highest BCUT2D eigenvalue weighted by Crippen LogP contribution is 2.22. The number of anilines is 1. The van der Waals surface area contributed by atoms with Crippen molar-refractivity contribution in [2.45, 2.75) is 27.7 Å². The molecule has 0 aliphatic rings. The highest BCUT2D eigenvalue weighted by atomic mass is 79.9. The van der Waals surface area contributed by atoms with E-state index >= 15 is 0 Å². The number of benzene rings is 2. The van der Waals surface area contributed by atoms with Crippen molar-refractivity contribution in [3.8, 4) is 5.75 Å².